The van der Waals surface area contributed by atoms with E-state index in [2.05, 4.69) is 4.90 Å². The van der Waals surface area contributed by atoms with Gasteiger partial charge in [-0.05, 0) is 36.1 Å². The van der Waals surface area contributed by atoms with Crippen LogP contribution in [0.1, 0.15) is 41.8 Å². The zero-order valence-corrected chi connectivity index (χ0v) is 16.9. The third kappa shape index (κ3) is 4.51. The fourth-order valence-electron chi connectivity index (χ4n) is 3.25. The molecule has 1 unspecified atom stereocenters. The number of methoxy groups -OCH3 is 1. The summed E-state index contributed by atoms with van der Waals surface area (Å²) in [7, 11) is 1.39. The summed E-state index contributed by atoms with van der Waals surface area (Å²) in [4.78, 5) is 27.5. The average Bonchev–Trinajstić information content (AvgIpc) is 3.04. The Morgan fingerprint density at radius 1 is 1.33 bits per heavy atom. The van der Waals surface area contributed by atoms with Crippen molar-refractivity contribution in [1.29, 1.82) is 0 Å². The van der Waals surface area contributed by atoms with E-state index >= 15 is 0 Å². The van der Waals surface area contributed by atoms with Crippen molar-refractivity contribution in [2.45, 2.75) is 38.8 Å². The molecule has 0 aliphatic carbocycles. The van der Waals surface area contributed by atoms with Gasteiger partial charge in [0.1, 0.15) is 6.04 Å². The molecule has 0 amide bonds. The molecule has 5 nitrogen and oxygen atoms in total. The normalized spacial score (nSPS) is 15.1. The lowest BCUT2D eigenvalue weighted by molar-refractivity contribution is -0.147. The molecule has 0 radical (unpaired) electrons. The maximum Gasteiger partial charge on any atom is 0.327 e. The van der Waals surface area contributed by atoms with Gasteiger partial charge in [-0.25, -0.2) is 4.79 Å². The van der Waals surface area contributed by atoms with Gasteiger partial charge in [-0.15, -0.1) is 11.3 Å². The van der Waals surface area contributed by atoms with Gasteiger partial charge in [0.25, 0.3) is 0 Å². The number of rotatable bonds is 6. The number of ether oxygens (including phenoxy) is 2. The molecule has 1 aromatic heterocycles. The van der Waals surface area contributed by atoms with E-state index in [0.29, 0.717) is 29.6 Å². The Balaban J connectivity index is 1.82. The molecule has 1 aromatic carbocycles. The highest BCUT2D eigenvalue weighted by Gasteiger charge is 2.33. The van der Waals surface area contributed by atoms with Crippen LogP contribution in [0, 0.1) is 0 Å². The molecular weight excluding hydrogens is 386 g/mol. The topological polar surface area (TPSA) is 55.8 Å². The van der Waals surface area contributed by atoms with Crippen molar-refractivity contribution in [1.82, 2.24) is 4.90 Å². The molecule has 0 N–H and O–H groups in total. The standard InChI is InChI=1S/C20H22ClNO4S/c1-3-6-17(23)26-18-11-13-12-22(10-9-16(13)27-18)19(20(24)25-2)14-7-4-5-8-15(14)21/h4-5,7-8,11,19H,3,6,9-10,12H2,1-2H3. The molecule has 1 aliphatic rings. The molecule has 144 valence electrons. The first-order valence-electron chi connectivity index (χ1n) is 8.92. The third-order valence-electron chi connectivity index (χ3n) is 4.53. The van der Waals surface area contributed by atoms with Crippen LogP contribution in [0.3, 0.4) is 0 Å². The number of benzene rings is 1. The Labute approximate surface area is 167 Å². The molecule has 2 heterocycles. The maximum atomic E-state index is 12.5. The van der Waals surface area contributed by atoms with Gasteiger partial charge in [0.2, 0.25) is 0 Å². The van der Waals surface area contributed by atoms with Gasteiger partial charge in [0.15, 0.2) is 5.06 Å². The van der Waals surface area contributed by atoms with E-state index in [0.717, 1.165) is 24.0 Å². The molecule has 0 fully saturated rings. The number of hydrogen-bond acceptors (Lipinski definition) is 6. The Bertz CT molecular complexity index is 835. The van der Waals surface area contributed by atoms with Crippen molar-refractivity contribution in [2.75, 3.05) is 13.7 Å². The number of nitrogens with zero attached hydrogens (tertiary/aromatic N) is 1. The second-order valence-electron chi connectivity index (χ2n) is 6.41. The van der Waals surface area contributed by atoms with E-state index < -0.39 is 6.04 Å². The van der Waals surface area contributed by atoms with E-state index in [1.165, 1.54) is 23.3 Å². The summed E-state index contributed by atoms with van der Waals surface area (Å²) < 4.78 is 10.5. The second kappa shape index (κ2) is 8.87. The molecule has 1 atom stereocenters. The van der Waals surface area contributed by atoms with Gasteiger partial charge in [0, 0.05) is 29.4 Å². The lowest BCUT2D eigenvalue weighted by atomic mass is 10.0. The smallest absolute Gasteiger partial charge is 0.327 e. The summed E-state index contributed by atoms with van der Waals surface area (Å²) >= 11 is 7.85. The fraction of sp³-hybridized carbons (Fsp3) is 0.400. The summed E-state index contributed by atoms with van der Waals surface area (Å²) in [6.45, 7) is 3.21. The largest absolute Gasteiger partial charge is 0.468 e. The molecule has 0 bridgehead atoms. The van der Waals surface area contributed by atoms with Gasteiger partial charge in [-0.3, -0.25) is 9.69 Å². The lowest BCUT2D eigenvalue weighted by Gasteiger charge is -2.33. The van der Waals surface area contributed by atoms with E-state index in [9.17, 15) is 9.59 Å². The minimum absolute atomic E-state index is 0.212. The summed E-state index contributed by atoms with van der Waals surface area (Å²) in [6, 6.07) is 8.67. The van der Waals surface area contributed by atoms with Crippen LogP contribution in [0.2, 0.25) is 5.02 Å². The SMILES string of the molecule is CCCC(=O)Oc1cc2c(s1)CCN(C(C(=O)OC)c1ccccc1Cl)C2. The highest BCUT2D eigenvalue weighted by atomic mass is 35.5. The average molecular weight is 408 g/mol. The summed E-state index contributed by atoms with van der Waals surface area (Å²) in [5.41, 5.74) is 1.81. The minimum atomic E-state index is -0.567. The third-order valence-corrected chi connectivity index (χ3v) is 5.99. The molecule has 1 aliphatic heterocycles. The van der Waals surface area contributed by atoms with Crippen molar-refractivity contribution in [3.63, 3.8) is 0 Å². The van der Waals surface area contributed by atoms with Gasteiger partial charge in [-0.2, -0.15) is 0 Å². The van der Waals surface area contributed by atoms with E-state index in [-0.39, 0.29) is 11.9 Å². The zero-order valence-electron chi connectivity index (χ0n) is 15.4. The molecule has 7 heteroatoms. The first kappa shape index (κ1) is 19.9. The summed E-state index contributed by atoms with van der Waals surface area (Å²) in [5, 5.41) is 1.16. The van der Waals surface area contributed by atoms with Crippen molar-refractivity contribution in [3.8, 4) is 5.06 Å². The molecule has 0 spiro atoms. The Kier molecular flexibility index (Phi) is 6.52. The quantitative estimate of drug-likeness (QED) is 0.665. The number of hydrogen-bond donors (Lipinski definition) is 0. The molecule has 2 aromatic rings. The van der Waals surface area contributed by atoms with Crippen LogP contribution in [0.5, 0.6) is 5.06 Å². The first-order valence-corrected chi connectivity index (χ1v) is 10.1. The van der Waals surface area contributed by atoms with Crippen LogP contribution in [0.15, 0.2) is 30.3 Å². The molecule has 3 rings (SSSR count). The molecule has 0 saturated heterocycles. The van der Waals surface area contributed by atoms with Crippen LogP contribution in [-0.4, -0.2) is 30.5 Å². The van der Waals surface area contributed by atoms with Crippen LogP contribution in [0.25, 0.3) is 0 Å². The van der Waals surface area contributed by atoms with Crippen molar-refractivity contribution in [3.05, 3.63) is 51.4 Å². The van der Waals surface area contributed by atoms with E-state index in [4.69, 9.17) is 21.1 Å². The number of esters is 2. The Morgan fingerprint density at radius 2 is 2.11 bits per heavy atom. The van der Waals surface area contributed by atoms with Gasteiger partial charge >= 0.3 is 11.9 Å². The fourth-order valence-corrected chi connectivity index (χ4v) is 4.51. The predicted octanol–water partition coefficient (Wildman–Crippen LogP) is 4.38. The van der Waals surface area contributed by atoms with Crippen molar-refractivity contribution >= 4 is 34.9 Å². The minimum Gasteiger partial charge on any atom is -0.468 e. The zero-order chi connectivity index (χ0) is 19.4. The Morgan fingerprint density at radius 3 is 2.81 bits per heavy atom. The summed E-state index contributed by atoms with van der Waals surface area (Å²) in [5.74, 6) is -0.548. The molecular formula is C20H22ClNO4S. The number of halogens is 1. The van der Waals surface area contributed by atoms with Crippen LogP contribution in [-0.2, 0) is 27.3 Å². The van der Waals surface area contributed by atoms with Gasteiger partial charge in [-0.1, -0.05) is 36.7 Å². The number of thiophene rings is 1. The van der Waals surface area contributed by atoms with Crippen LogP contribution >= 0.6 is 22.9 Å². The van der Waals surface area contributed by atoms with Crippen LogP contribution in [0.4, 0.5) is 0 Å². The monoisotopic (exact) mass is 407 g/mol. The van der Waals surface area contributed by atoms with Crippen molar-refractivity contribution in [2.24, 2.45) is 0 Å². The second-order valence-corrected chi connectivity index (χ2v) is 7.91. The van der Waals surface area contributed by atoms with E-state index in [1.54, 1.807) is 6.07 Å². The lowest BCUT2D eigenvalue weighted by Crippen LogP contribution is -2.38. The molecule has 27 heavy (non-hydrogen) atoms. The number of carbonyl (C=O) groups is 2. The summed E-state index contributed by atoms with van der Waals surface area (Å²) in [6.07, 6.45) is 1.95. The Hall–Kier alpha value is -1.89. The van der Waals surface area contributed by atoms with Gasteiger partial charge < -0.3 is 9.47 Å². The van der Waals surface area contributed by atoms with Crippen LogP contribution < -0.4 is 4.74 Å². The number of fused-ring (bicyclic) bond motifs is 1. The van der Waals surface area contributed by atoms with Gasteiger partial charge in [0.05, 0.1) is 7.11 Å². The van der Waals surface area contributed by atoms with E-state index in [1.807, 2.05) is 31.2 Å². The molecule has 0 saturated carbocycles. The highest BCUT2D eigenvalue weighted by molar-refractivity contribution is 7.14. The highest BCUT2D eigenvalue weighted by Crippen LogP contribution is 2.37. The predicted molar refractivity (Wildman–Crippen MR) is 105 cm³/mol. The first-order chi connectivity index (χ1) is 13.0. The van der Waals surface area contributed by atoms with Crippen molar-refractivity contribution < 1.29 is 19.1 Å². The maximum absolute atomic E-state index is 12.5. The number of carbonyl (C=O) groups excluding carboxylic acids is 2.